The van der Waals surface area contributed by atoms with Gasteiger partial charge in [0.1, 0.15) is 0 Å². The first-order valence-electron chi connectivity index (χ1n) is 7.44. The number of hydrogen-bond acceptors (Lipinski definition) is 5. The molecule has 6 nitrogen and oxygen atoms in total. The Morgan fingerprint density at radius 1 is 1.33 bits per heavy atom. The molecule has 0 aliphatic heterocycles. The Balaban J connectivity index is 1.94. The summed E-state index contributed by atoms with van der Waals surface area (Å²) >= 11 is 0. The molecule has 1 amide bonds. The molecule has 0 spiro atoms. The van der Waals surface area contributed by atoms with Gasteiger partial charge in [-0.05, 0) is 24.7 Å². The molecule has 1 fully saturated rings. The van der Waals surface area contributed by atoms with Gasteiger partial charge >= 0.3 is 0 Å². The SMILES string of the molecule is COc1cnc(C(=O)NCC2(CCO)CCCCC2)nc1. The second-order valence-electron chi connectivity index (χ2n) is 5.66. The number of rotatable bonds is 6. The molecule has 0 saturated heterocycles. The Hall–Kier alpha value is -1.69. The van der Waals surface area contributed by atoms with Crippen molar-refractivity contribution in [3.8, 4) is 5.75 Å². The molecule has 2 rings (SSSR count). The monoisotopic (exact) mass is 293 g/mol. The van der Waals surface area contributed by atoms with Crippen LogP contribution in [0.5, 0.6) is 5.75 Å². The van der Waals surface area contributed by atoms with Crippen LogP contribution in [0.15, 0.2) is 12.4 Å². The lowest BCUT2D eigenvalue weighted by molar-refractivity contribution is 0.0859. The first-order valence-corrected chi connectivity index (χ1v) is 7.44. The third-order valence-electron chi connectivity index (χ3n) is 4.25. The zero-order chi connectivity index (χ0) is 15.1. The van der Waals surface area contributed by atoms with Crippen LogP contribution in [0.25, 0.3) is 0 Å². The van der Waals surface area contributed by atoms with E-state index in [1.165, 1.54) is 25.9 Å². The highest BCUT2D eigenvalue weighted by atomic mass is 16.5. The van der Waals surface area contributed by atoms with Crippen molar-refractivity contribution in [2.24, 2.45) is 5.41 Å². The standard InChI is InChI=1S/C15H23N3O3/c1-21-12-9-16-13(17-10-12)14(20)18-11-15(7-8-19)5-3-2-4-6-15/h9-10,19H,2-8,11H2,1H3,(H,18,20). The molecule has 1 heterocycles. The van der Waals surface area contributed by atoms with Crippen LogP contribution in [0.3, 0.4) is 0 Å². The second kappa shape index (κ2) is 7.36. The number of aliphatic hydroxyl groups is 1. The van der Waals surface area contributed by atoms with Gasteiger partial charge < -0.3 is 15.2 Å². The van der Waals surface area contributed by atoms with E-state index >= 15 is 0 Å². The Morgan fingerprint density at radius 3 is 2.57 bits per heavy atom. The predicted molar refractivity (Wildman–Crippen MR) is 78.1 cm³/mol. The average molecular weight is 293 g/mol. The summed E-state index contributed by atoms with van der Waals surface area (Å²) in [7, 11) is 1.53. The van der Waals surface area contributed by atoms with Crippen molar-refractivity contribution < 1.29 is 14.6 Å². The van der Waals surface area contributed by atoms with Crippen molar-refractivity contribution in [2.75, 3.05) is 20.3 Å². The molecule has 1 aromatic heterocycles. The number of ether oxygens (including phenoxy) is 1. The predicted octanol–water partition coefficient (Wildman–Crippen LogP) is 1.55. The molecule has 1 aromatic rings. The lowest BCUT2D eigenvalue weighted by Gasteiger charge is -2.37. The van der Waals surface area contributed by atoms with Crippen LogP contribution < -0.4 is 10.1 Å². The Bertz CT molecular complexity index is 450. The van der Waals surface area contributed by atoms with E-state index in [0.29, 0.717) is 12.3 Å². The summed E-state index contributed by atoms with van der Waals surface area (Å²) in [6, 6.07) is 0. The molecule has 0 bridgehead atoms. The van der Waals surface area contributed by atoms with E-state index in [-0.39, 0.29) is 23.8 Å². The molecule has 2 N–H and O–H groups in total. The molecule has 0 atom stereocenters. The van der Waals surface area contributed by atoms with Gasteiger partial charge in [-0.2, -0.15) is 0 Å². The highest BCUT2D eigenvalue weighted by Gasteiger charge is 2.32. The number of carbonyl (C=O) groups is 1. The quantitative estimate of drug-likeness (QED) is 0.831. The van der Waals surface area contributed by atoms with Crippen molar-refractivity contribution in [3.05, 3.63) is 18.2 Å². The molecule has 0 radical (unpaired) electrons. The maximum atomic E-state index is 12.1. The van der Waals surface area contributed by atoms with E-state index in [1.807, 2.05) is 0 Å². The van der Waals surface area contributed by atoms with E-state index in [2.05, 4.69) is 15.3 Å². The van der Waals surface area contributed by atoms with Gasteiger partial charge in [0.05, 0.1) is 19.5 Å². The van der Waals surface area contributed by atoms with E-state index in [1.54, 1.807) is 0 Å². The van der Waals surface area contributed by atoms with Gasteiger partial charge in [-0.1, -0.05) is 19.3 Å². The van der Waals surface area contributed by atoms with E-state index < -0.39 is 0 Å². The third kappa shape index (κ3) is 4.14. The summed E-state index contributed by atoms with van der Waals surface area (Å²) in [5, 5.41) is 12.2. The van der Waals surface area contributed by atoms with Crippen molar-refractivity contribution >= 4 is 5.91 Å². The number of aliphatic hydroxyl groups excluding tert-OH is 1. The van der Waals surface area contributed by atoms with Crippen LogP contribution in [0, 0.1) is 5.41 Å². The van der Waals surface area contributed by atoms with Gasteiger partial charge in [0, 0.05) is 13.2 Å². The van der Waals surface area contributed by atoms with Crippen LogP contribution in [-0.4, -0.2) is 41.2 Å². The van der Waals surface area contributed by atoms with Gasteiger partial charge in [-0.15, -0.1) is 0 Å². The first kappa shape index (κ1) is 15.7. The lowest BCUT2D eigenvalue weighted by Crippen LogP contribution is -2.40. The van der Waals surface area contributed by atoms with Crippen LogP contribution in [0.2, 0.25) is 0 Å². The highest BCUT2D eigenvalue weighted by Crippen LogP contribution is 2.38. The zero-order valence-corrected chi connectivity index (χ0v) is 12.5. The summed E-state index contributed by atoms with van der Waals surface area (Å²) in [5.41, 5.74) is 0.0229. The van der Waals surface area contributed by atoms with E-state index in [9.17, 15) is 9.90 Å². The van der Waals surface area contributed by atoms with Crippen LogP contribution in [0.4, 0.5) is 0 Å². The molecule has 116 valence electrons. The molecule has 0 aromatic carbocycles. The minimum atomic E-state index is -0.277. The van der Waals surface area contributed by atoms with E-state index in [4.69, 9.17) is 4.74 Å². The van der Waals surface area contributed by atoms with Crippen LogP contribution >= 0.6 is 0 Å². The molecule has 0 unspecified atom stereocenters. The topological polar surface area (TPSA) is 84.3 Å². The fraction of sp³-hybridized carbons (Fsp3) is 0.667. The summed E-state index contributed by atoms with van der Waals surface area (Å²) in [6.45, 7) is 0.733. The minimum Gasteiger partial charge on any atom is -0.494 e. The third-order valence-corrected chi connectivity index (χ3v) is 4.25. The van der Waals surface area contributed by atoms with E-state index in [0.717, 1.165) is 32.1 Å². The van der Waals surface area contributed by atoms with Gasteiger partial charge in [-0.3, -0.25) is 4.79 Å². The lowest BCUT2D eigenvalue weighted by atomic mass is 9.72. The molecule has 1 aliphatic rings. The molecular formula is C15H23N3O3. The van der Waals surface area contributed by atoms with Gasteiger partial charge in [0.2, 0.25) is 5.82 Å². The molecular weight excluding hydrogens is 270 g/mol. The molecule has 21 heavy (non-hydrogen) atoms. The van der Waals surface area contributed by atoms with Crippen molar-refractivity contribution in [1.29, 1.82) is 0 Å². The van der Waals surface area contributed by atoms with Crippen molar-refractivity contribution in [2.45, 2.75) is 38.5 Å². The Morgan fingerprint density at radius 2 is 2.00 bits per heavy atom. The maximum Gasteiger partial charge on any atom is 0.289 e. The fourth-order valence-electron chi connectivity index (χ4n) is 2.94. The smallest absolute Gasteiger partial charge is 0.289 e. The molecule has 6 heteroatoms. The number of amides is 1. The van der Waals surface area contributed by atoms with Gasteiger partial charge in [0.15, 0.2) is 5.75 Å². The number of carbonyl (C=O) groups excluding carboxylic acids is 1. The summed E-state index contributed by atoms with van der Waals surface area (Å²) in [5.74, 6) is 0.391. The number of aromatic nitrogens is 2. The number of hydrogen-bond donors (Lipinski definition) is 2. The largest absolute Gasteiger partial charge is 0.494 e. The van der Waals surface area contributed by atoms with Crippen LogP contribution in [-0.2, 0) is 0 Å². The van der Waals surface area contributed by atoms with Gasteiger partial charge in [-0.25, -0.2) is 9.97 Å². The highest BCUT2D eigenvalue weighted by molar-refractivity contribution is 5.90. The molecule has 1 aliphatic carbocycles. The second-order valence-corrected chi connectivity index (χ2v) is 5.66. The van der Waals surface area contributed by atoms with Crippen molar-refractivity contribution in [1.82, 2.24) is 15.3 Å². The number of nitrogens with zero attached hydrogens (tertiary/aromatic N) is 2. The number of nitrogens with one attached hydrogen (secondary N) is 1. The summed E-state index contributed by atoms with van der Waals surface area (Å²) < 4.78 is 4.97. The average Bonchev–Trinajstić information content (AvgIpc) is 2.54. The van der Waals surface area contributed by atoms with Gasteiger partial charge in [0.25, 0.3) is 5.91 Å². The minimum absolute atomic E-state index is 0.0229. The Labute approximate surface area is 124 Å². The first-order chi connectivity index (χ1) is 10.2. The fourth-order valence-corrected chi connectivity index (χ4v) is 2.94. The zero-order valence-electron chi connectivity index (χ0n) is 12.5. The maximum absolute atomic E-state index is 12.1. The summed E-state index contributed by atoms with van der Waals surface area (Å²) in [6.07, 6.45) is 9.36. The van der Waals surface area contributed by atoms with Crippen molar-refractivity contribution in [3.63, 3.8) is 0 Å². The summed E-state index contributed by atoms with van der Waals surface area (Å²) in [4.78, 5) is 20.1. The molecule has 1 saturated carbocycles. The number of methoxy groups -OCH3 is 1. The normalized spacial score (nSPS) is 17.2. The van der Waals surface area contributed by atoms with Crippen LogP contribution in [0.1, 0.15) is 49.1 Å². The Kier molecular flexibility index (Phi) is 5.50.